The van der Waals surface area contributed by atoms with Gasteiger partial charge in [-0.3, -0.25) is 14.5 Å². The maximum absolute atomic E-state index is 16.1. The molecule has 0 radical (unpaired) electrons. The first-order valence-corrected chi connectivity index (χ1v) is 13.8. The van der Waals surface area contributed by atoms with Crippen LogP contribution in [0.1, 0.15) is 39.0 Å². The fourth-order valence-corrected chi connectivity index (χ4v) is 7.68. The van der Waals surface area contributed by atoms with Crippen molar-refractivity contribution >= 4 is 17.7 Å². The van der Waals surface area contributed by atoms with Crippen LogP contribution in [0.4, 0.5) is 8.78 Å². The summed E-state index contributed by atoms with van der Waals surface area (Å²) in [7, 11) is 0. The van der Waals surface area contributed by atoms with Crippen molar-refractivity contribution in [1.82, 2.24) is 19.6 Å². The van der Waals surface area contributed by atoms with Crippen molar-refractivity contribution in [3.8, 4) is 0 Å². The smallest absolute Gasteiger partial charge is 0.340 e. The van der Waals surface area contributed by atoms with E-state index in [1.807, 2.05) is 9.80 Å². The van der Waals surface area contributed by atoms with E-state index in [1.54, 1.807) is 4.90 Å². The summed E-state index contributed by atoms with van der Waals surface area (Å²) in [6.07, 6.45) is 1.66. The molecule has 1 amide bonds. The van der Waals surface area contributed by atoms with Gasteiger partial charge in [0.2, 0.25) is 5.91 Å². The second-order valence-electron chi connectivity index (χ2n) is 11.9. The molecule has 2 aliphatic carbocycles. The van der Waals surface area contributed by atoms with Gasteiger partial charge in [-0.25, -0.2) is 13.6 Å². The van der Waals surface area contributed by atoms with Crippen LogP contribution in [0.15, 0.2) is 11.8 Å². The summed E-state index contributed by atoms with van der Waals surface area (Å²) in [6, 6.07) is -1.78. The summed E-state index contributed by atoms with van der Waals surface area (Å²) in [5.41, 5.74) is 5.60. The average Bonchev–Trinajstić information content (AvgIpc) is 3.71. The molecule has 0 spiro atoms. The summed E-state index contributed by atoms with van der Waals surface area (Å²) in [6.45, 7) is 5.40. The van der Waals surface area contributed by atoms with Crippen LogP contribution in [0.25, 0.3) is 0 Å². The molecule has 4 heterocycles. The SMILES string of the molecule is CC1C(CN2CCN(C3C(F)CC4C(=O)C(C(=O)O)=CN(C5CC5)C4C3F)CC2)CCC2C(N)C(=O)N12. The summed E-state index contributed by atoms with van der Waals surface area (Å²) < 4.78 is 31.6. The van der Waals surface area contributed by atoms with Crippen molar-refractivity contribution in [2.45, 2.75) is 87.6 Å². The van der Waals surface area contributed by atoms with Crippen LogP contribution in [-0.4, -0.2) is 124 Å². The first kappa shape index (κ1) is 25.2. The van der Waals surface area contributed by atoms with Crippen LogP contribution in [0, 0.1) is 11.8 Å². The normalized spacial score (nSPS) is 43.1. The number of β-lactam (4-membered cyclic amide) rings is 1. The lowest BCUT2D eigenvalue weighted by atomic mass is 9.72. The molecule has 2 saturated carbocycles. The first-order chi connectivity index (χ1) is 17.7. The largest absolute Gasteiger partial charge is 0.478 e. The Balaban J connectivity index is 1.10. The van der Waals surface area contributed by atoms with Gasteiger partial charge in [0.05, 0.1) is 18.1 Å². The van der Waals surface area contributed by atoms with Crippen LogP contribution in [0.5, 0.6) is 0 Å². The minimum absolute atomic E-state index is 0.0202. The van der Waals surface area contributed by atoms with E-state index >= 15 is 8.78 Å². The molecule has 9 nitrogen and oxygen atoms in total. The molecular weight excluding hydrogens is 484 g/mol. The molecule has 204 valence electrons. The highest BCUT2D eigenvalue weighted by atomic mass is 19.1. The van der Waals surface area contributed by atoms with Crippen molar-refractivity contribution in [2.75, 3.05) is 32.7 Å². The topological polar surface area (TPSA) is 110 Å². The first-order valence-electron chi connectivity index (χ1n) is 13.8. The van der Waals surface area contributed by atoms with E-state index in [-0.39, 0.29) is 42.1 Å². The second-order valence-corrected chi connectivity index (χ2v) is 11.9. The molecule has 0 aromatic rings. The molecule has 3 saturated heterocycles. The van der Waals surface area contributed by atoms with Gasteiger partial charge in [-0.05, 0) is 44.9 Å². The molecule has 11 heteroatoms. The number of fused-ring (bicyclic) bond motifs is 2. The van der Waals surface area contributed by atoms with E-state index in [0.29, 0.717) is 32.1 Å². The lowest BCUT2D eigenvalue weighted by Crippen LogP contribution is -2.74. The van der Waals surface area contributed by atoms with E-state index in [2.05, 4.69) is 11.8 Å². The van der Waals surface area contributed by atoms with Gasteiger partial charge >= 0.3 is 5.97 Å². The highest BCUT2D eigenvalue weighted by molar-refractivity contribution is 6.18. The number of piperazine rings is 1. The minimum atomic E-state index is -1.58. The number of alkyl halides is 2. The number of hydrogen-bond acceptors (Lipinski definition) is 7. The summed E-state index contributed by atoms with van der Waals surface area (Å²) in [5, 5.41) is 9.48. The van der Waals surface area contributed by atoms with Gasteiger partial charge in [-0.2, -0.15) is 0 Å². The third-order valence-corrected chi connectivity index (χ3v) is 9.92. The monoisotopic (exact) mass is 521 g/mol. The number of nitrogens with zero attached hydrogens (tertiary/aromatic N) is 4. The zero-order valence-electron chi connectivity index (χ0n) is 21.2. The average molecular weight is 522 g/mol. The number of rotatable bonds is 5. The van der Waals surface area contributed by atoms with Crippen molar-refractivity contribution in [1.29, 1.82) is 0 Å². The van der Waals surface area contributed by atoms with Crippen LogP contribution in [-0.2, 0) is 14.4 Å². The van der Waals surface area contributed by atoms with Gasteiger partial charge in [-0.1, -0.05) is 0 Å². The number of ketones is 1. The van der Waals surface area contributed by atoms with Crippen molar-refractivity contribution < 1.29 is 28.3 Å². The highest BCUT2D eigenvalue weighted by Gasteiger charge is 2.57. The standard InChI is InChI=1S/C26H37F2N5O4/c1-13-14(2-5-19-21(29)25(35)33(13)19)11-30-6-8-31(9-7-30)23-18(27)10-16-22(20(23)28)32(15-3-4-15)12-17(24(16)34)26(36)37/h12-16,18-23H,2-11,29H2,1H3,(H,36,37). The lowest BCUT2D eigenvalue weighted by Gasteiger charge is -2.55. The Kier molecular flexibility index (Phi) is 6.31. The molecule has 6 rings (SSSR count). The van der Waals surface area contributed by atoms with E-state index in [0.717, 1.165) is 32.2 Å². The molecule has 0 bridgehead atoms. The van der Waals surface area contributed by atoms with Gasteiger partial charge < -0.3 is 25.5 Å². The van der Waals surface area contributed by atoms with Crippen LogP contribution in [0.3, 0.4) is 0 Å². The Morgan fingerprint density at radius 3 is 2.43 bits per heavy atom. The quantitative estimate of drug-likeness (QED) is 0.395. The Labute approximate surface area is 215 Å². The highest BCUT2D eigenvalue weighted by Crippen LogP contribution is 2.44. The number of carbonyl (C=O) groups excluding carboxylic acids is 2. The summed E-state index contributed by atoms with van der Waals surface area (Å²) in [4.78, 5) is 44.6. The molecule has 9 atom stereocenters. The van der Waals surface area contributed by atoms with E-state index in [9.17, 15) is 19.5 Å². The lowest BCUT2D eigenvalue weighted by molar-refractivity contribution is -0.160. The number of amides is 1. The number of nitrogens with two attached hydrogens (primary N) is 1. The number of carboxylic acid groups (broad SMARTS) is 1. The fraction of sp³-hybridized carbons (Fsp3) is 0.808. The zero-order valence-corrected chi connectivity index (χ0v) is 21.2. The molecule has 6 aliphatic rings. The molecule has 3 N–H and O–H groups in total. The van der Waals surface area contributed by atoms with Crippen LogP contribution < -0.4 is 5.73 Å². The van der Waals surface area contributed by atoms with Crippen LogP contribution in [0.2, 0.25) is 0 Å². The number of halogens is 2. The molecule has 9 unspecified atom stereocenters. The fourth-order valence-electron chi connectivity index (χ4n) is 7.68. The molecule has 5 fully saturated rings. The number of carbonyl (C=O) groups is 3. The summed E-state index contributed by atoms with van der Waals surface area (Å²) >= 11 is 0. The number of carboxylic acids is 1. The Morgan fingerprint density at radius 1 is 1.08 bits per heavy atom. The van der Waals surface area contributed by atoms with E-state index in [4.69, 9.17) is 5.73 Å². The molecular formula is C26H37F2N5O4. The molecule has 0 aromatic heterocycles. The predicted octanol–water partition coefficient (Wildman–Crippen LogP) is 0.390. The van der Waals surface area contributed by atoms with Gasteiger partial charge in [0, 0.05) is 56.9 Å². The van der Waals surface area contributed by atoms with Crippen molar-refractivity contribution in [3.05, 3.63) is 11.8 Å². The molecule has 37 heavy (non-hydrogen) atoms. The van der Waals surface area contributed by atoms with Crippen molar-refractivity contribution in [3.63, 3.8) is 0 Å². The number of aliphatic carboxylic acids is 1. The van der Waals surface area contributed by atoms with Gasteiger partial charge in [-0.15, -0.1) is 0 Å². The van der Waals surface area contributed by atoms with E-state index in [1.165, 1.54) is 6.20 Å². The van der Waals surface area contributed by atoms with Gasteiger partial charge in [0.1, 0.15) is 24.0 Å². The van der Waals surface area contributed by atoms with Gasteiger partial charge in [0.25, 0.3) is 0 Å². The Morgan fingerprint density at radius 2 is 1.78 bits per heavy atom. The summed E-state index contributed by atoms with van der Waals surface area (Å²) in [5.74, 6) is -2.55. The third kappa shape index (κ3) is 4.08. The van der Waals surface area contributed by atoms with Crippen molar-refractivity contribution in [2.24, 2.45) is 17.6 Å². The minimum Gasteiger partial charge on any atom is -0.478 e. The predicted molar refractivity (Wildman–Crippen MR) is 130 cm³/mol. The number of Topliss-reactive ketones (excluding diaryl/α,β-unsaturated/α-hetero) is 1. The van der Waals surface area contributed by atoms with E-state index < -0.39 is 42.1 Å². The number of piperidine rings is 1. The molecule has 0 aromatic carbocycles. The third-order valence-electron chi connectivity index (χ3n) is 9.92. The second kappa shape index (κ2) is 9.27. The maximum atomic E-state index is 16.1. The van der Waals surface area contributed by atoms with Gasteiger partial charge in [0.15, 0.2) is 5.78 Å². The van der Waals surface area contributed by atoms with Crippen LogP contribution >= 0.6 is 0 Å². The zero-order chi connectivity index (χ0) is 26.2. The Hall–Kier alpha value is -2.11. The Bertz CT molecular complexity index is 999. The molecule has 4 aliphatic heterocycles. The maximum Gasteiger partial charge on any atom is 0.340 e. The number of hydrogen-bond donors (Lipinski definition) is 2.